The summed E-state index contributed by atoms with van der Waals surface area (Å²) in [6.45, 7) is 1.12. The lowest BCUT2D eigenvalue weighted by molar-refractivity contribution is -0.147. The number of carboxylic acids is 1. The van der Waals surface area contributed by atoms with E-state index in [9.17, 15) is 9.59 Å². The van der Waals surface area contributed by atoms with Crippen molar-refractivity contribution in [1.82, 2.24) is 4.90 Å². The predicted octanol–water partition coefficient (Wildman–Crippen LogP) is 1.30. The van der Waals surface area contributed by atoms with Gasteiger partial charge in [0.25, 0.3) is 0 Å². The fourth-order valence-corrected chi connectivity index (χ4v) is 2.12. The first kappa shape index (κ1) is 11.8. The zero-order valence-corrected chi connectivity index (χ0v) is 9.50. The molecular weight excluding hydrogens is 218 g/mol. The summed E-state index contributed by atoms with van der Waals surface area (Å²) in [6, 6.07) is 9.06. The molecular formula is C13H15NO3. The van der Waals surface area contributed by atoms with E-state index < -0.39 is 12.0 Å². The van der Waals surface area contributed by atoms with Crippen LogP contribution in [0.25, 0.3) is 0 Å². The van der Waals surface area contributed by atoms with Gasteiger partial charge >= 0.3 is 5.97 Å². The normalized spacial score (nSPS) is 21.4. The standard InChI is InChI=1S/C13H15NO3/c15-11-6-7-14(12(8-11)13(16)17)9-10-4-2-1-3-5-10/h1-5,12H,6-9H2,(H,16,17)/t12-/m0/s1. The van der Waals surface area contributed by atoms with Crippen LogP contribution in [0.1, 0.15) is 18.4 Å². The van der Waals surface area contributed by atoms with Crippen LogP contribution in [0.5, 0.6) is 0 Å². The van der Waals surface area contributed by atoms with Crippen LogP contribution >= 0.6 is 0 Å². The number of likely N-dealkylation sites (tertiary alicyclic amines) is 1. The summed E-state index contributed by atoms with van der Waals surface area (Å²) in [7, 11) is 0. The van der Waals surface area contributed by atoms with Crippen molar-refractivity contribution in [1.29, 1.82) is 0 Å². The molecule has 4 heteroatoms. The monoisotopic (exact) mass is 233 g/mol. The zero-order valence-electron chi connectivity index (χ0n) is 9.50. The third kappa shape index (κ3) is 2.91. The Bertz CT molecular complexity index is 416. The second-order valence-electron chi connectivity index (χ2n) is 4.30. The molecule has 0 radical (unpaired) electrons. The first-order valence-electron chi connectivity index (χ1n) is 5.69. The number of rotatable bonds is 3. The number of piperidine rings is 1. The number of Topliss-reactive ketones (excluding diaryl/α,β-unsaturated/α-hetero) is 1. The van der Waals surface area contributed by atoms with E-state index in [4.69, 9.17) is 5.11 Å². The minimum absolute atomic E-state index is 0.0433. The van der Waals surface area contributed by atoms with Gasteiger partial charge in [-0.25, -0.2) is 0 Å². The number of nitrogens with zero attached hydrogens (tertiary/aromatic N) is 1. The Balaban J connectivity index is 2.08. The Labute approximate surface area is 99.9 Å². The highest BCUT2D eigenvalue weighted by atomic mass is 16.4. The fraction of sp³-hybridized carbons (Fsp3) is 0.385. The Morgan fingerprint density at radius 3 is 2.71 bits per heavy atom. The Hall–Kier alpha value is -1.68. The molecule has 0 amide bonds. The topological polar surface area (TPSA) is 57.6 Å². The predicted molar refractivity (Wildman–Crippen MR) is 62.5 cm³/mol. The summed E-state index contributed by atoms with van der Waals surface area (Å²) in [5, 5.41) is 9.11. The minimum Gasteiger partial charge on any atom is -0.480 e. The summed E-state index contributed by atoms with van der Waals surface area (Å²) in [4.78, 5) is 24.3. The van der Waals surface area contributed by atoms with Gasteiger partial charge in [0.05, 0.1) is 0 Å². The maximum absolute atomic E-state index is 11.3. The maximum atomic E-state index is 11.3. The van der Waals surface area contributed by atoms with Gasteiger partial charge < -0.3 is 5.11 Å². The smallest absolute Gasteiger partial charge is 0.321 e. The van der Waals surface area contributed by atoms with E-state index in [2.05, 4.69) is 0 Å². The molecule has 90 valence electrons. The van der Waals surface area contributed by atoms with Gasteiger partial charge in [-0.1, -0.05) is 30.3 Å². The highest BCUT2D eigenvalue weighted by Gasteiger charge is 2.32. The van der Waals surface area contributed by atoms with Gasteiger partial charge in [-0.15, -0.1) is 0 Å². The zero-order chi connectivity index (χ0) is 12.3. The largest absolute Gasteiger partial charge is 0.480 e. The van der Waals surface area contributed by atoms with Crippen molar-refractivity contribution >= 4 is 11.8 Å². The van der Waals surface area contributed by atoms with Crippen molar-refractivity contribution in [2.75, 3.05) is 6.54 Å². The van der Waals surface area contributed by atoms with Crippen molar-refractivity contribution < 1.29 is 14.7 Å². The van der Waals surface area contributed by atoms with Crippen molar-refractivity contribution in [2.24, 2.45) is 0 Å². The van der Waals surface area contributed by atoms with Gasteiger partial charge in [0.1, 0.15) is 11.8 Å². The molecule has 1 aromatic carbocycles. The van der Waals surface area contributed by atoms with Crippen LogP contribution in [-0.4, -0.2) is 34.3 Å². The van der Waals surface area contributed by atoms with Gasteiger partial charge in [0.15, 0.2) is 0 Å². The molecule has 1 heterocycles. The Morgan fingerprint density at radius 2 is 2.06 bits per heavy atom. The number of carboxylic acid groups (broad SMARTS) is 1. The average Bonchev–Trinajstić information content (AvgIpc) is 2.32. The highest BCUT2D eigenvalue weighted by Crippen LogP contribution is 2.17. The first-order chi connectivity index (χ1) is 8.16. The van der Waals surface area contributed by atoms with E-state index in [0.717, 1.165) is 5.56 Å². The van der Waals surface area contributed by atoms with Gasteiger partial charge in [0.2, 0.25) is 0 Å². The van der Waals surface area contributed by atoms with E-state index in [1.54, 1.807) is 0 Å². The van der Waals surface area contributed by atoms with Crippen LogP contribution in [-0.2, 0) is 16.1 Å². The number of hydrogen-bond acceptors (Lipinski definition) is 3. The number of hydrogen-bond donors (Lipinski definition) is 1. The minimum atomic E-state index is -0.908. The molecule has 1 aliphatic heterocycles. The van der Waals surface area contributed by atoms with Gasteiger partial charge in [-0.05, 0) is 5.56 Å². The second-order valence-corrected chi connectivity index (χ2v) is 4.30. The number of ketones is 1. The van der Waals surface area contributed by atoms with Crippen LogP contribution in [0.4, 0.5) is 0 Å². The van der Waals surface area contributed by atoms with Crippen LogP contribution < -0.4 is 0 Å². The number of aliphatic carboxylic acids is 1. The summed E-state index contributed by atoms with van der Waals surface area (Å²) in [5.74, 6) is -0.865. The molecule has 0 spiro atoms. The van der Waals surface area contributed by atoms with E-state index in [-0.39, 0.29) is 12.2 Å². The average molecular weight is 233 g/mol. The van der Waals surface area contributed by atoms with Crippen LogP contribution in [0.15, 0.2) is 30.3 Å². The van der Waals surface area contributed by atoms with E-state index in [1.807, 2.05) is 35.2 Å². The van der Waals surface area contributed by atoms with E-state index >= 15 is 0 Å². The molecule has 0 saturated carbocycles. The molecule has 1 N–H and O–H groups in total. The lowest BCUT2D eigenvalue weighted by Crippen LogP contribution is -2.46. The number of benzene rings is 1. The first-order valence-corrected chi connectivity index (χ1v) is 5.69. The molecule has 1 saturated heterocycles. The molecule has 0 unspecified atom stereocenters. The highest BCUT2D eigenvalue weighted by molar-refractivity contribution is 5.87. The molecule has 4 nitrogen and oxygen atoms in total. The van der Waals surface area contributed by atoms with Crippen molar-refractivity contribution in [3.8, 4) is 0 Å². The molecule has 0 aromatic heterocycles. The third-order valence-corrected chi connectivity index (χ3v) is 3.05. The molecule has 17 heavy (non-hydrogen) atoms. The molecule has 1 fully saturated rings. The van der Waals surface area contributed by atoms with E-state index in [0.29, 0.717) is 19.5 Å². The molecule has 1 aromatic rings. The van der Waals surface area contributed by atoms with Crippen LogP contribution in [0.2, 0.25) is 0 Å². The van der Waals surface area contributed by atoms with Gasteiger partial charge in [-0.3, -0.25) is 14.5 Å². The van der Waals surface area contributed by atoms with Gasteiger partial charge in [-0.2, -0.15) is 0 Å². The number of carbonyl (C=O) groups excluding carboxylic acids is 1. The molecule has 1 aliphatic rings. The molecule has 0 bridgehead atoms. The lowest BCUT2D eigenvalue weighted by Gasteiger charge is -2.32. The Morgan fingerprint density at radius 1 is 1.35 bits per heavy atom. The van der Waals surface area contributed by atoms with Crippen LogP contribution in [0.3, 0.4) is 0 Å². The summed E-state index contributed by atoms with van der Waals surface area (Å²) in [5.41, 5.74) is 1.08. The molecule has 2 rings (SSSR count). The maximum Gasteiger partial charge on any atom is 0.321 e. The molecule has 1 atom stereocenters. The lowest BCUT2D eigenvalue weighted by atomic mass is 10.00. The van der Waals surface area contributed by atoms with Crippen molar-refractivity contribution in [3.63, 3.8) is 0 Å². The van der Waals surface area contributed by atoms with Crippen molar-refractivity contribution in [2.45, 2.75) is 25.4 Å². The summed E-state index contributed by atoms with van der Waals surface area (Å²) >= 11 is 0. The van der Waals surface area contributed by atoms with E-state index in [1.165, 1.54) is 0 Å². The summed E-state index contributed by atoms with van der Waals surface area (Å²) < 4.78 is 0. The fourth-order valence-electron chi connectivity index (χ4n) is 2.12. The summed E-state index contributed by atoms with van der Waals surface area (Å²) in [6.07, 6.45) is 0.582. The second kappa shape index (κ2) is 5.10. The quantitative estimate of drug-likeness (QED) is 0.855. The number of carbonyl (C=O) groups is 2. The van der Waals surface area contributed by atoms with Gasteiger partial charge in [0, 0.05) is 25.9 Å². The Kier molecular flexibility index (Phi) is 3.54. The van der Waals surface area contributed by atoms with Crippen LogP contribution in [0, 0.1) is 0 Å². The SMILES string of the molecule is O=C1CCN(Cc2ccccc2)[C@H](C(=O)O)C1. The third-order valence-electron chi connectivity index (χ3n) is 3.05. The van der Waals surface area contributed by atoms with Crippen molar-refractivity contribution in [3.05, 3.63) is 35.9 Å². The molecule has 0 aliphatic carbocycles.